The number of aliphatic hydroxyl groups excluding tert-OH is 1. The summed E-state index contributed by atoms with van der Waals surface area (Å²) in [6.07, 6.45) is 3.67. The van der Waals surface area contributed by atoms with Gasteiger partial charge in [-0.05, 0) is 62.5 Å². The smallest absolute Gasteiger partial charge is 0.0540 e. The second-order valence-corrected chi connectivity index (χ2v) is 7.43. The van der Waals surface area contributed by atoms with Crippen molar-refractivity contribution in [3.05, 3.63) is 70.8 Å². The van der Waals surface area contributed by atoms with E-state index in [9.17, 15) is 5.11 Å². The van der Waals surface area contributed by atoms with Crippen molar-refractivity contribution in [3.8, 4) is 0 Å². The molecule has 0 bridgehead atoms. The van der Waals surface area contributed by atoms with Gasteiger partial charge in [0, 0.05) is 0 Å². The topological polar surface area (TPSA) is 20.2 Å². The zero-order chi connectivity index (χ0) is 17.5. The summed E-state index contributed by atoms with van der Waals surface area (Å²) >= 11 is 0. The fourth-order valence-corrected chi connectivity index (χ4v) is 3.15. The Hall–Kier alpha value is -1.60. The molecule has 0 aliphatic rings. The minimum absolute atomic E-state index is 0. The first-order valence-electron chi connectivity index (χ1n) is 9.27. The van der Waals surface area contributed by atoms with E-state index in [0.717, 1.165) is 25.7 Å². The van der Waals surface area contributed by atoms with Gasteiger partial charge in [0.25, 0.3) is 0 Å². The third-order valence-corrected chi connectivity index (χ3v) is 5.16. The van der Waals surface area contributed by atoms with Gasteiger partial charge in [0.15, 0.2) is 0 Å². The molecule has 0 aliphatic heterocycles. The van der Waals surface area contributed by atoms with Crippen molar-refractivity contribution in [1.29, 1.82) is 0 Å². The molecule has 2 atom stereocenters. The third kappa shape index (κ3) is 7.04. The SMILES string of the molecule is C.Cc1ccc([C@H](C)CCC(O)CC[C@@H](C)c2ccc(C)cc2)cc1. The lowest BCUT2D eigenvalue weighted by molar-refractivity contribution is 0.145. The summed E-state index contributed by atoms with van der Waals surface area (Å²) in [5.41, 5.74) is 5.36. The molecule has 2 aromatic rings. The van der Waals surface area contributed by atoms with E-state index >= 15 is 0 Å². The van der Waals surface area contributed by atoms with Crippen LogP contribution in [0.15, 0.2) is 48.5 Å². The zero-order valence-corrected chi connectivity index (χ0v) is 15.6. The Morgan fingerprint density at radius 1 is 0.640 bits per heavy atom. The molecule has 2 rings (SSSR count). The summed E-state index contributed by atoms with van der Waals surface area (Å²) in [6, 6.07) is 17.5. The molecular formula is C24H36O. The van der Waals surface area contributed by atoms with E-state index < -0.39 is 0 Å². The first-order valence-corrected chi connectivity index (χ1v) is 9.27. The minimum Gasteiger partial charge on any atom is -0.393 e. The van der Waals surface area contributed by atoms with Crippen molar-refractivity contribution in [2.24, 2.45) is 0 Å². The van der Waals surface area contributed by atoms with Crippen LogP contribution in [0.2, 0.25) is 0 Å². The van der Waals surface area contributed by atoms with Crippen LogP contribution in [0, 0.1) is 13.8 Å². The van der Waals surface area contributed by atoms with E-state index in [1.54, 1.807) is 0 Å². The molecule has 0 heterocycles. The first-order chi connectivity index (χ1) is 11.5. The highest BCUT2D eigenvalue weighted by molar-refractivity contribution is 5.24. The highest BCUT2D eigenvalue weighted by atomic mass is 16.3. The predicted molar refractivity (Wildman–Crippen MR) is 110 cm³/mol. The van der Waals surface area contributed by atoms with Gasteiger partial charge >= 0.3 is 0 Å². The van der Waals surface area contributed by atoms with Gasteiger partial charge in [-0.3, -0.25) is 0 Å². The maximum absolute atomic E-state index is 10.3. The van der Waals surface area contributed by atoms with Gasteiger partial charge in [0.2, 0.25) is 0 Å². The fraction of sp³-hybridized carbons (Fsp3) is 0.500. The molecule has 138 valence electrons. The molecule has 0 fully saturated rings. The van der Waals surface area contributed by atoms with Gasteiger partial charge in [-0.2, -0.15) is 0 Å². The van der Waals surface area contributed by atoms with E-state index in [2.05, 4.69) is 76.2 Å². The standard InChI is InChI=1S/C23H32O.CH4/c1-17-5-11-21(12-6-17)19(3)9-15-23(24)16-10-20(4)22-13-7-18(2)8-14-22;/h5-8,11-14,19-20,23-24H,9-10,15-16H2,1-4H3;1H4/t19-,20-;/m1./s1. The van der Waals surface area contributed by atoms with Crippen LogP contribution in [-0.2, 0) is 0 Å². The van der Waals surface area contributed by atoms with E-state index in [4.69, 9.17) is 0 Å². The zero-order valence-electron chi connectivity index (χ0n) is 15.6. The summed E-state index contributed by atoms with van der Waals surface area (Å²) in [6.45, 7) is 8.75. The Kier molecular flexibility index (Phi) is 8.92. The van der Waals surface area contributed by atoms with Crippen LogP contribution >= 0.6 is 0 Å². The Balaban J connectivity index is 0.00000312. The van der Waals surface area contributed by atoms with E-state index in [-0.39, 0.29) is 13.5 Å². The molecular weight excluding hydrogens is 304 g/mol. The van der Waals surface area contributed by atoms with Gasteiger partial charge in [-0.25, -0.2) is 0 Å². The molecule has 0 saturated carbocycles. The second kappa shape index (κ2) is 10.4. The summed E-state index contributed by atoms with van der Waals surface area (Å²) in [5, 5.41) is 10.3. The predicted octanol–water partition coefficient (Wildman–Crippen LogP) is 6.77. The molecule has 0 saturated heterocycles. The van der Waals surface area contributed by atoms with E-state index in [0.29, 0.717) is 11.8 Å². The summed E-state index contributed by atoms with van der Waals surface area (Å²) in [7, 11) is 0. The summed E-state index contributed by atoms with van der Waals surface area (Å²) in [5.74, 6) is 1.02. The van der Waals surface area contributed by atoms with Crippen LogP contribution in [0.25, 0.3) is 0 Å². The van der Waals surface area contributed by atoms with Crippen molar-refractivity contribution in [2.45, 2.75) is 78.7 Å². The third-order valence-electron chi connectivity index (χ3n) is 5.16. The Morgan fingerprint density at radius 2 is 0.960 bits per heavy atom. The number of hydrogen-bond acceptors (Lipinski definition) is 1. The number of aryl methyl sites for hydroxylation is 2. The van der Waals surface area contributed by atoms with Gasteiger partial charge < -0.3 is 5.11 Å². The molecule has 1 N–H and O–H groups in total. The van der Waals surface area contributed by atoms with Gasteiger partial charge in [-0.1, -0.05) is 80.9 Å². The van der Waals surface area contributed by atoms with Crippen molar-refractivity contribution < 1.29 is 5.11 Å². The molecule has 2 aromatic carbocycles. The molecule has 25 heavy (non-hydrogen) atoms. The molecule has 0 aliphatic carbocycles. The average molecular weight is 341 g/mol. The highest BCUT2D eigenvalue weighted by Gasteiger charge is 2.12. The van der Waals surface area contributed by atoms with Crippen molar-refractivity contribution in [1.82, 2.24) is 0 Å². The van der Waals surface area contributed by atoms with Crippen LogP contribution in [0.3, 0.4) is 0 Å². The fourth-order valence-electron chi connectivity index (χ4n) is 3.15. The maximum atomic E-state index is 10.3. The minimum atomic E-state index is -0.189. The Labute approximate surface area is 155 Å². The van der Waals surface area contributed by atoms with Gasteiger partial charge in [0.1, 0.15) is 0 Å². The second-order valence-electron chi connectivity index (χ2n) is 7.43. The molecule has 1 nitrogen and oxygen atoms in total. The van der Waals surface area contributed by atoms with Gasteiger partial charge in [-0.15, -0.1) is 0 Å². The normalized spacial score (nSPS) is 13.4. The molecule has 1 heteroatoms. The van der Waals surface area contributed by atoms with Crippen LogP contribution in [0.4, 0.5) is 0 Å². The lowest BCUT2D eigenvalue weighted by Crippen LogP contribution is -2.10. The van der Waals surface area contributed by atoms with Crippen molar-refractivity contribution in [2.75, 3.05) is 0 Å². The highest BCUT2D eigenvalue weighted by Crippen LogP contribution is 2.25. The molecule has 0 unspecified atom stereocenters. The molecule has 0 aromatic heterocycles. The maximum Gasteiger partial charge on any atom is 0.0540 e. The number of aliphatic hydroxyl groups is 1. The largest absolute Gasteiger partial charge is 0.393 e. The van der Waals surface area contributed by atoms with Crippen LogP contribution in [0.1, 0.15) is 81.0 Å². The molecule has 0 spiro atoms. The summed E-state index contributed by atoms with van der Waals surface area (Å²) < 4.78 is 0. The lowest BCUT2D eigenvalue weighted by Gasteiger charge is -2.18. The monoisotopic (exact) mass is 340 g/mol. The van der Waals surface area contributed by atoms with Crippen LogP contribution in [-0.4, -0.2) is 11.2 Å². The Bertz CT molecular complexity index is 541. The Morgan fingerprint density at radius 3 is 1.28 bits per heavy atom. The number of benzene rings is 2. The average Bonchev–Trinajstić information content (AvgIpc) is 2.58. The van der Waals surface area contributed by atoms with Gasteiger partial charge in [0.05, 0.1) is 6.10 Å². The van der Waals surface area contributed by atoms with E-state index in [1.165, 1.54) is 22.3 Å². The lowest BCUT2D eigenvalue weighted by atomic mass is 9.90. The van der Waals surface area contributed by atoms with Crippen molar-refractivity contribution >= 4 is 0 Å². The quantitative estimate of drug-likeness (QED) is 0.562. The number of hydrogen-bond donors (Lipinski definition) is 1. The summed E-state index contributed by atoms with van der Waals surface area (Å²) in [4.78, 5) is 0. The number of rotatable bonds is 8. The molecule has 0 amide bonds. The molecule has 0 radical (unpaired) electrons. The van der Waals surface area contributed by atoms with Crippen molar-refractivity contribution in [3.63, 3.8) is 0 Å². The van der Waals surface area contributed by atoms with Crippen LogP contribution in [0.5, 0.6) is 0 Å². The first kappa shape index (κ1) is 21.4. The van der Waals surface area contributed by atoms with Crippen LogP contribution < -0.4 is 0 Å². The van der Waals surface area contributed by atoms with E-state index in [1.807, 2.05) is 0 Å².